The predicted molar refractivity (Wildman–Crippen MR) is 118 cm³/mol. The Balaban J connectivity index is 1.68. The molecule has 0 fully saturated rings. The molecule has 2 aromatic carbocycles. The second-order valence-electron chi connectivity index (χ2n) is 7.27. The lowest BCUT2D eigenvalue weighted by Crippen LogP contribution is -2.47. The smallest absolute Gasteiger partial charge is 0.269 e. The molecule has 0 aliphatic rings. The van der Waals surface area contributed by atoms with Crippen LogP contribution >= 0.6 is 11.3 Å². The highest BCUT2D eigenvalue weighted by atomic mass is 32.1. The van der Waals surface area contributed by atoms with E-state index in [1.165, 1.54) is 35.6 Å². The Labute approximate surface area is 182 Å². The van der Waals surface area contributed by atoms with Crippen molar-refractivity contribution in [3.8, 4) is 10.6 Å². The third kappa shape index (κ3) is 5.48. The van der Waals surface area contributed by atoms with Gasteiger partial charge in [0.15, 0.2) is 0 Å². The highest BCUT2D eigenvalue weighted by molar-refractivity contribution is 7.18. The number of nitrogens with zero attached hydrogens (tertiary/aromatic N) is 3. The molecule has 160 valence electrons. The van der Waals surface area contributed by atoms with Crippen LogP contribution in [0, 0.1) is 23.0 Å². The first kappa shape index (κ1) is 22.0. The first-order valence-corrected chi connectivity index (χ1v) is 10.3. The molecule has 3 rings (SSSR count). The maximum atomic E-state index is 12.8. The molecule has 2 amide bonds. The van der Waals surface area contributed by atoms with E-state index >= 15 is 0 Å². The second-order valence-corrected chi connectivity index (χ2v) is 8.24. The Bertz CT molecular complexity index is 1090. The van der Waals surface area contributed by atoms with E-state index in [9.17, 15) is 19.7 Å². The summed E-state index contributed by atoms with van der Waals surface area (Å²) in [5.74, 6) is -1.12. The van der Waals surface area contributed by atoms with E-state index in [-0.39, 0.29) is 17.2 Å². The van der Waals surface area contributed by atoms with E-state index in [1.807, 2.05) is 31.2 Å². The van der Waals surface area contributed by atoms with E-state index in [2.05, 4.69) is 20.8 Å². The number of non-ortho nitro benzene ring substituents is 1. The Morgan fingerprint density at radius 3 is 2.26 bits per heavy atom. The van der Waals surface area contributed by atoms with Gasteiger partial charge < -0.3 is 5.32 Å². The van der Waals surface area contributed by atoms with E-state index in [0.29, 0.717) is 10.1 Å². The van der Waals surface area contributed by atoms with Gasteiger partial charge in [-0.3, -0.25) is 25.0 Å². The van der Waals surface area contributed by atoms with E-state index < -0.39 is 22.8 Å². The predicted octanol–water partition coefficient (Wildman–Crippen LogP) is 3.81. The van der Waals surface area contributed by atoms with Gasteiger partial charge in [0.25, 0.3) is 11.6 Å². The molecule has 0 saturated carbocycles. The third-order valence-electron chi connectivity index (χ3n) is 4.53. The molecule has 3 aromatic rings. The zero-order valence-electron chi connectivity index (χ0n) is 17.2. The number of hydrogen-bond acceptors (Lipinski definition) is 7. The van der Waals surface area contributed by atoms with Crippen molar-refractivity contribution in [2.75, 3.05) is 5.32 Å². The van der Waals surface area contributed by atoms with Crippen LogP contribution in [0.3, 0.4) is 0 Å². The Hall–Kier alpha value is -3.66. The maximum absolute atomic E-state index is 12.8. The van der Waals surface area contributed by atoms with Gasteiger partial charge in [-0.1, -0.05) is 55.0 Å². The average Bonchev–Trinajstić information content (AvgIpc) is 3.20. The van der Waals surface area contributed by atoms with Crippen LogP contribution in [-0.2, 0) is 4.79 Å². The lowest BCUT2D eigenvalue weighted by molar-refractivity contribution is -0.384. The molecular weight excluding hydrogens is 418 g/mol. The number of carbonyl (C=O) groups excluding carboxylic acids is 2. The molecule has 10 heteroatoms. The summed E-state index contributed by atoms with van der Waals surface area (Å²) in [6.07, 6.45) is 0. The number of carbonyl (C=O) groups is 2. The van der Waals surface area contributed by atoms with Gasteiger partial charge in [-0.15, -0.1) is 10.2 Å². The number of rotatable bonds is 7. The maximum Gasteiger partial charge on any atom is 0.269 e. The second kappa shape index (κ2) is 9.43. The minimum atomic E-state index is -0.825. The number of nitro benzene ring substituents is 1. The topological polar surface area (TPSA) is 127 Å². The Kier molecular flexibility index (Phi) is 6.71. The van der Waals surface area contributed by atoms with Gasteiger partial charge in [0.1, 0.15) is 11.0 Å². The number of anilines is 1. The van der Waals surface area contributed by atoms with Crippen LogP contribution in [0.15, 0.2) is 48.5 Å². The number of hydrogen-bond donors (Lipinski definition) is 2. The minimum Gasteiger partial charge on any atom is -0.340 e. The quantitative estimate of drug-likeness (QED) is 0.426. The van der Waals surface area contributed by atoms with Crippen molar-refractivity contribution in [2.45, 2.75) is 26.8 Å². The molecule has 0 aliphatic carbocycles. The van der Waals surface area contributed by atoms with Crippen LogP contribution in [0.25, 0.3) is 10.6 Å². The number of benzene rings is 2. The summed E-state index contributed by atoms with van der Waals surface area (Å²) < 4.78 is 0. The van der Waals surface area contributed by atoms with Gasteiger partial charge in [-0.05, 0) is 25.0 Å². The summed E-state index contributed by atoms with van der Waals surface area (Å²) in [4.78, 5) is 35.5. The third-order valence-corrected chi connectivity index (χ3v) is 5.42. The highest BCUT2D eigenvalue weighted by Gasteiger charge is 2.26. The normalized spacial score (nSPS) is 11.7. The highest BCUT2D eigenvalue weighted by Crippen LogP contribution is 2.26. The molecule has 0 bridgehead atoms. The standard InChI is InChI=1S/C21H21N5O4S/c1-12(2)17(22-18(27)14-8-10-16(11-9-14)26(29)30)19(28)23-21-25-24-20(31-21)15-6-4-13(3)5-7-15/h4-12,17H,1-3H3,(H,22,27)(H,23,25,28). The monoisotopic (exact) mass is 439 g/mol. The molecule has 1 heterocycles. The van der Waals surface area contributed by atoms with Gasteiger partial charge in [-0.25, -0.2) is 0 Å². The van der Waals surface area contributed by atoms with Crippen molar-refractivity contribution < 1.29 is 14.5 Å². The van der Waals surface area contributed by atoms with Crippen molar-refractivity contribution >= 4 is 34.0 Å². The summed E-state index contributed by atoms with van der Waals surface area (Å²) in [6, 6.07) is 12.2. The minimum absolute atomic E-state index is 0.115. The van der Waals surface area contributed by atoms with Crippen LogP contribution in [0.5, 0.6) is 0 Å². The largest absolute Gasteiger partial charge is 0.340 e. The van der Waals surface area contributed by atoms with E-state index in [0.717, 1.165) is 11.1 Å². The van der Waals surface area contributed by atoms with Gasteiger partial charge in [0.05, 0.1) is 4.92 Å². The van der Waals surface area contributed by atoms with Gasteiger partial charge in [0.2, 0.25) is 11.0 Å². The Morgan fingerprint density at radius 2 is 1.68 bits per heavy atom. The number of aromatic nitrogens is 2. The zero-order chi connectivity index (χ0) is 22.5. The molecule has 0 aliphatic heterocycles. The number of nitro groups is 1. The van der Waals surface area contributed by atoms with Crippen LogP contribution in [0.2, 0.25) is 0 Å². The summed E-state index contributed by atoms with van der Waals surface area (Å²) in [5.41, 5.74) is 2.14. The van der Waals surface area contributed by atoms with Crippen molar-refractivity contribution in [1.82, 2.24) is 15.5 Å². The number of aryl methyl sites for hydroxylation is 1. The Morgan fingerprint density at radius 1 is 1.03 bits per heavy atom. The average molecular weight is 439 g/mol. The van der Waals surface area contributed by atoms with Crippen molar-refractivity contribution in [1.29, 1.82) is 0 Å². The van der Waals surface area contributed by atoms with Crippen LogP contribution in [0.4, 0.5) is 10.8 Å². The fourth-order valence-corrected chi connectivity index (χ4v) is 3.52. The first-order valence-electron chi connectivity index (χ1n) is 9.51. The molecule has 1 atom stereocenters. The molecule has 9 nitrogen and oxygen atoms in total. The molecule has 1 unspecified atom stereocenters. The molecule has 1 aromatic heterocycles. The van der Waals surface area contributed by atoms with Crippen molar-refractivity contribution in [2.24, 2.45) is 5.92 Å². The van der Waals surface area contributed by atoms with Crippen LogP contribution in [-0.4, -0.2) is 33.0 Å². The lowest BCUT2D eigenvalue weighted by Gasteiger charge is -2.21. The molecule has 0 spiro atoms. The fraction of sp³-hybridized carbons (Fsp3) is 0.238. The molecule has 0 saturated heterocycles. The summed E-state index contributed by atoms with van der Waals surface area (Å²) in [6.45, 7) is 5.60. The lowest BCUT2D eigenvalue weighted by atomic mass is 10.0. The molecule has 31 heavy (non-hydrogen) atoms. The fourth-order valence-electron chi connectivity index (χ4n) is 2.76. The van der Waals surface area contributed by atoms with Crippen LogP contribution in [0.1, 0.15) is 29.8 Å². The van der Waals surface area contributed by atoms with E-state index in [4.69, 9.17) is 0 Å². The first-order chi connectivity index (χ1) is 14.7. The van der Waals surface area contributed by atoms with Crippen molar-refractivity contribution in [3.63, 3.8) is 0 Å². The summed E-state index contributed by atoms with van der Waals surface area (Å²) in [7, 11) is 0. The molecule has 0 radical (unpaired) electrons. The van der Waals surface area contributed by atoms with Crippen molar-refractivity contribution in [3.05, 3.63) is 69.8 Å². The van der Waals surface area contributed by atoms with Gasteiger partial charge in [-0.2, -0.15) is 0 Å². The van der Waals surface area contributed by atoms with Gasteiger partial charge in [0, 0.05) is 23.3 Å². The SMILES string of the molecule is Cc1ccc(-c2nnc(NC(=O)C(NC(=O)c3ccc([N+](=O)[O-])cc3)C(C)C)s2)cc1. The van der Waals surface area contributed by atoms with Gasteiger partial charge >= 0.3 is 0 Å². The van der Waals surface area contributed by atoms with Crippen LogP contribution < -0.4 is 10.6 Å². The van der Waals surface area contributed by atoms with E-state index in [1.54, 1.807) is 13.8 Å². The zero-order valence-corrected chi connectivity index (χ0v) is 18.0. The number of amides is 2. The molecule has 2 N–H and O–H groups in total. The summed E-state index contributed by atoms with van der Waals surface area (Å²) in [5, 5.41) is 25.3. The summed E-state index contributed by atoms with van der Waals surface area (Å²) >= 11 is 1.24. The molecular formula is C21H21N5O4S. The number of nitrogens with one attached hydrogen (secondary N) is 2.